The van der Waals surface area contributed by atoms with Crippen molar-refractivity contribution in [3.05, 3.63) is 33.8 Å². The minimum Gasteiger partial charge on any atom is -0.296 e. The Morgan fingerprint density at radius 3 is 2.44 bits per heavy atom. The van der Waals surface area contributed by atoms with Gasteiger partial charge in [-0.15, -0.1) is 0 Å². The SMILES string of the molecule is Cc1cc(C2CC(=O)NC(=O)C2)ccc1Br. The molecule has 2 amide bonds. The first-order valence-electron chi connectivity index (χ1n) is 5.15. The second-order valence-corrected chi connectivity index (χ2v) is 4.94. The van der Waals surface area contributed by atoms with Gasteiger partial charge < -0.3 is 0 Å². The van der Waals surface area contributed by atoms with E-state index in [1.54, 1.807) is 0 Å². The van der Waals surface area contributed by atoms with E-state index >= 15 is 0 Å². The van der Waals surface area contributed by atoms with E-state index < -0.39 is 0 Å². The molecule has 0 unspecified atom stereocenters. The second kappa shape index (κ2) is 4.37. The van der Waals surface area contributed by atoms with E-state index in [1.165, 1.54) is 0 Å². The van der Waals surface area contributed by atoms with Crippen molar-refractivity contribution >= 4 is 27.7 Å². The number of carbonyl (C=O) groups excluding carboxylic acids is 2. The number of hydrogen-bond acceptors (Lipinski definition) is 2. The van der Waals surface area contributed by atoms with Gasteiger partial charge in [0.05, 0.1) is 0 Å². The Hall–Kier alpha value is -1.16. The summed E-state index contributed by atoms with van der Waals surface area (Å²) in [6.45, 7) is 2.00. The molecule has 1 fully saturated rings. The molecule has 4 heteroatoms. The van der Waals surface area contributed by atoms with Gasteiger partial charge in [-0.3, -0.25) is 14.9 Å². The summed E-state index contributed by atoms with van der Waals surface area (Å²) in [4.78, 5) is 22.5. The Morgan fingerprint density at radius 1 is 1.25 bits per heavy atom. The van der Waals surface area contributed by atoms with Crippen molar-refractivity contribution in [3.8, 4) is 0 Å². The van der Waals surface area contributed by atoms with E-state index in [4.69, 9.17) is 0 Å². The van der Waals surface area contributed by atoms with Crippen molar-refractivity contribution in [1.29, 1.82) is 0 Å². The molecule has 84 valence electrons. The molecule has 0 aliphatic carbocycles. The summed E-state index contributed by atoms with van der Waals surface area (Å²) in [5, 5.41) is 2.32. The molecule has 1 aliphatic heterocycles. The number of aryl methyl sites for hydroxylation is 1. The van der Waals surface area contributed by atoms with E-state index in [0.29, 0.717) is 12.8 Å². The standard InChI is InChI=1S/C12H12BrNO2/c1-7-4-8(2-3-10(7)13)9-5-11(15)14-12(16)6-9/h2-4,9H,5-6H2,1H3,(H,14,15,16). The maximum atomic E-state index is 11.3. The average molecular weight is 282 g/mol. The topological polar surface area (TPSA) is 46.2 Å². The molecule has 1 aromatic carbocycles. The van der Waals surface area contributed by atoms with Crippen LogP contribution in [-0.2, 0) is 9.59 Å². The maximum absolute atomic E-state index is 11.3. The number of carbonyl (C=O) groups is 2. The van der Waals surface area contributed by atoms with E-state index in [2.05, 4.69) is 21.2 Å². The van der Waals surface area contributed by atoms with E-state index in [9.17, 15) is 9.59 Å². The number of imide groups is 1. The highest BCUT2D eigenvalue weighted by molar-refractivity contribution is 9.10. The van der Waals surface area contributed by atoms with E-state index in [1.807, 2.05) is 25.1 Å². The lowest BCUT2D eigenvalue weighted by Crippen LogP contribution is -2.37. The van der Waals surface area contributed by atoms with Gasteiger partial charge in [0, 0.05) is 23.2 Å². The molecule has 3 nitrogen and oxygen atoms in total. The predicted molar refractivity (Wildman–Crippen MR) is 64.0 cm³/mol. The fourth-order valence-electron chi connectivity index (χ4n) is 1.93. The molecule has 0 aromatic heterocycles. The van der Waals surface area contributed by atoms with Gasteiger partial charge in [-0.1, -0.05) is 28.1 Å². The quantitative estimate of drug-likeness (QED) is 0.803. The van der Waals surface area contributed by atoms with Crippen LogP contribution in [0.1, 0.15) is 29.9 Å². The van der Waals surface area contributed by atoms with Crippen LogP contribution in [0.3, 0.4) is 0 Å². The normalized spacial score (nSPS) is 17.4. The maximum Gasteiger partial charge on any atom is 0.227 e. The predicted octanol–water partition coefficient (Wildman–Crippen LogP) is 2.28. The molecule has 0 saturated carbocycles. The van der Waals surface area contributed by atoms with Crippen molar-refractivity contribution in [2.24, 2.45) is 0 Å². The lowest BCUT2D eigenvalue weighted by Gasteiger charge is -2.21. The lowest BCUT2D eigenvalue weighted by molar-refractivity contribution is -0.133. The van der Waals surface area contributed by atoms with Gasteiger partial charge in [-0.2, -0.15) is 0 Å². The molecule has 1 aromatic rings. The van der Waals surface area contributed by atoms with Crippen LogP contribution < -0.4 is 5.32 Å². The monoisotopic (exact) mass is 281 g/mol. The number of piperidine rings is 1. The van der Waals surface area contributed by atoms with Gasteiger partial charge in [-0.25, -0.2) is 0 Å². The molecule has 1 N–H and O–H groups in total. The number of nitrogens with one attached hydrogen (secondary N) is 1. The Bertz CT molecular complexity index is 440. The van der Waals surface area contributed by atoms with Crippen LogP contribution in [0.4, 0.5) is 0 Å². The molecular formula is C12H12BrNO2. The number of amides is 2. The third-order valence-corrected chi connectivity index (χ3v) is 3.69. The van der Waals surface area contributed by atoms with E-state index in [-0.39, 0.29) is 17.7 Å². The average Bonchev–Trinajstić information content (AvgIpc) is 2.20. The summed E-state index contributed by atoms with van der Waals surface area (Å²) < 4.78 is 1.04. The zero-order valence-corrected chi connectivity index (χ0v) is 10.5. The van der Waals surface area contributed by atoms with Crippen LogP contribution >= 0.6 is 15.9 Å². The van der Waals surface area contributed by atoms with Crippen LogP contribution in [0.25, 0.3) is 0 Å². The summed E-state index contributed by atoms with van der Waals surface area (Å²) in [6, 6.07) is 5.95. The van der Waals surface area contributed by atoms with Crippen LogP contribution in [0, 0.1) is 6.92 Å². The summed E-state index contributed by atoms with van der Waals surface area (Å²) in [5.41, 5.74) is 2.18. The van der Waals surface area contributed by atoms with Gasteiger partial charge in [0.15, 0.2) is 0 Å². The van der Waals surface area contributed by atoms with E-state index in [0.717, 1.165) is 15.6 Å². The number of benzene rings is 1. The number of hydrogen-bond donors (Lipinski definition) is 1. The van der Waals surface area contributed by atoms with Gasteiger partial charge in [0.2, 0.25) is 11.8 Å². The smallest absolute Gasteiger partial charge is 0.227 e. The lowest BCUT2D eigenvalue weighted by atomic mass is 9.89. The Balaban J connectivity index is 2.26. The highest BCUT2D eigenvalue weighted by Crippen LogP contribution is 2.28. The molecule has 0 atom stereocenters. The molecule has 16 heavy (non-hydrogen) atoms. The number of rotatable bonds is 1. The zero-order valence-electron chi connectivity index (χ0n) is 8.92. The molecule has 0 bridgehead atoms. The zero-order chi connectivity index (χ0) is 11.7. The summed E-state index contributed by atoms with van der Waals surface area (Å²) in [7, 11) is 0. The molecule has 2 rings (SSSR count). The van der Waals surface area contributed by atoms with Crippen molar-refractivity contribution in [3.63, 3.8) is 0 Å². The molecule has 0 spiro atoms. The van der Waals surface area contributed by atoms with Gasteiger partial charge in [0.25, 0.3) is 0 Å². The first-order chi connectivity index (χ1) is 7.56. The number of halogens is 1. The van der Waals surface area contributed by atoms with Crippen molar-refractivity contribution in [2.45, 2.75) is 25.7 Å². The molecular weight excluding hydrogens is 270 g/mol. The van der Waals surface area contributed by atoms with Crippen LogP contribution in [0.2, 0.25) is 0 Å². The highest BCUT2D eigenvalue weighted by Gasteiger charge is 2.26. The third kappa shape index (κ3) is 2.32. The first kappa shape index (κ1) is 11.3. The highest BCUT2D eigenvalue weighted by atomic mass is 79.9. The Kier molecular flexibility index (Phi) is 3.10. The largest absolute Gasteiger partial charge is 0.296 e. The molecule has 1 saturated heterocycles. The summed E-state index contributed by atoms with van der Waals surface area (Å²) in [5.74, 6) is -0.336. The Morgan fingerprint density at radius 2 is 1.88 bits per heavy atom. The first-order valence-corrected chi connectivity index (χ1v) is 5.94. The fraction of sp³-hybridized carbons (Fsp3) is 0.333. The summed E-state index contributed by atoms with van der Waals surface area (Å²) >= 11 is 3.43. The minimum atomic E-state index is -0.179. The van der Waals surface area contributed by atoms with Crippen molar-refractivity contribution in [2.75, 3.05) is 0 Å². The van der Waals surface area contributed by atoms with Crippen LogP contribution in [-0.4, -0.2) is 11.8 Å². The summed E-state index contributed by atoms with van der Waals surface area (Å²) in [6.07, 6.45) is 0.791. The molecule has 1 aliphatic rings. The Labute approximate surface area is 102 Å². The van der Waals surface area contributed by atoms with Gasteiger partial charge >= 0.3 is 0 Å². The van der Waals surface area contributed by atoms with Gasteiger partial charge in [0.1, 0.15) is 0 Å². The molecule has 1 heterocycles. The third-order valence-electron chi connectivity index (χ3n) is 2.80. The van der Waals surface area contributed by atoms with Crippen molar-refractivity contribution in [1.82, 2.24) is 5.32 Å². The van der Waals surface area contributed by atoms with Crippen molar-refractivity contribution < 1.29 is 9.59 Å². The van der Waals surface area contributed by atoms with Crippen LogP contribution in [0.15, 0.2) is 22.7 Å². The fourth-order valence-corrected chi connectivity index (χ4v) is 2.18. The molecule has 0 radical (unpaired) electrons. The second-order valence-electron chi connectivity index (χ2n) is 4.09. The van der Waals surface area contributed by atoms with Gasteiger partial charge in [-0.05, 0) is 24.1 Å². The van der Waals surface area contributed by atoms with Crippen LogP contribution in [0.5, 0.6) is 0 Å². The minimum absolute atomic E-state index is 0.0213.